The van der Waals surface area contributed by atoms with Crippen LogP contribution in [0.5, 0.6) is 0 Å². The first-order chi connectivity index (χ1) is 9.84. The molecular formula is C16H20N4. The van der Waals surface area contributed by atoms with Gasteiger partial charge in [-0.25, -0.2) is 0 Å². The molecule has 0 radical (unpaired) electrons. The third-order valence-electron chi connectivity index (χ3n) is 2.95. The third kappa shape index (κ3) is 2.96. The highest BCUT2D eigenvalue weighted by atomic mass is 15.1. The molecule has 2 N–H and O–H groups in total. The van der Waals surface area contributed by atoms with Crippen LogP contribution in [0.25, 0.3) is 17.0 Å². The van der Waals surface area contributed by atoms with Gasteiger partial charge in [0.15, 0.2) is 0 Å². The first-order valence-corrected chi connectivity index (χ1v) is 6.90. The maximum absolute atomic E-state index is 4.15. The van der Waals surface area contributed by atoms with E-state index in [1.165, 1.54) is 5.56 Å². The Morgan fingerprint density at radius 3 is 2.75 bits per heavy atom. The lowest BCUT2D eigenvalue weighted by atomic mass is 10.0. The number of H-pyrrole nitrogens is 1. The highest BCUT2D eigenvalue weighted by molar-refractivity contribution is 5.84. The topological polar surface area (TPSA) is 53.1 Å². The summed E-state index contributed by atoms with van der Waals surface area (Å²) in [6.07, 6.45) is 5.63. The predicted octanol–water partition coefficient (Wildman–Crippen LogP) is 3.38. The van der Waals surface area contributed by atoms with Crippen molar-refractivity contribution in [2.75, 3.05) is 6.54 Å². The van der Waals surface area contributed by atoms with E-state index in [9.17, 15) is 0 Å². The fourth-order valence-electron chi connectivity index (χ4n) is 2.07. The van der Waals surface area contributed by atoms with E-state index in [0.717, 1.165) is 22.5 Å². The van der Waals surface area contributed by atoms with Gasteiger partial charge in [0.05, 0.1) is 24.8 Å². The maximum atomic E-state index is 4.15. The number of aromatic amines is 1. The Hall–Kier alpha value is -2.36. The smallest absolute Gasteiger partial charge is 0.0871 e. The summed E-state index contributed by atoms with van der Waals surface area (Å²) in [5.41, 5.74) is 5.54. The second-order valence-corrected chi connectivity index (χ2v) is 4.28. The number of aromatic nitrogens is 2. The monoisotopic (exact) mass is 268 g/mol. The third-order valence-corrected chi connectivity index (χ3v) is 2.95. The number of aliphatic imine (C=N–C) groups is 1. The van der Waals surface area contributed by atoms with Crippen LogP contribution in [-0.4, -0.2) is 23.1 Å². The van der Waals surface area contributed by atoms with Gasteiger partial charge in [0, 0.05) is 16.8 Å². The van der Waals surface area contributed by atoms with Crippen LogP contribution >= 0.6 is 0 Å². The summed E-state index contributed by atoms with van der Waals surface area (Å²) in [5.74, 6) is 0. The van der Waals surface area contributed by atoms with Gasteiger partial charge in [-0.1, -0.05) is 37.6 Å². The van der Waals surface area contributed by atoms with Gasteiger partial charge >= 0.3 is 0 Å². The summed E-state index contributed by atoms with van der Waals surface area (Å²) < 4.78 is 0. The van der Waals surface area contributed by atoms with E-state index in [1.54, 1.807) is 6.34 Å². The SMILES string of the molecule is CC.Cc1cccc(-c2[nH]ncc2C2=CCN=CN2)c1. The second-order valence-electron chi connectivity index (χ2n) is 4.28. The molecule has 2 aromatic rings. The van der Waals surface area contributed by atoms with E-state index in [4.69, 9.17) is 0 Å². The summed E-state index contributed by atoms with van der Waals surface area (Å²) in [6.45, 7) is 6.80. The van der Waals surface area contributed by atoms with Crippen LogP contribution in [0.4, 0.5) is 0 Å². The Morgan fingerprint density at radius 2 is 2.05 bits per heavy atom. The van der Waals surface area contributed by atoms with Crippen molar-refractivity contribution in [2.45, 2.75) is 20.8 Å². The van der Waals surface area contributed by atoms with Crippen molar-refractivity contribution in [3.63, 3.8) is 0 Å². The molecule has 4 nitrogen and oxygen atoms in total. The largest absolute Gasteiger partial charge is 0.346 e. The van der Waals surface area contributed by atoms with Crippen LogP contribution in [-0.2, 0) is 0 Å². The quantitative estimate of drug-likeness (QED) is 0.877. The number of benzene rings is 1. The molecule has 0 atom stereocenters. The molecule has 0 spiro atoms. The van der Waals surface area contributed by atoms with Crippen LogP contribution in [0, 0.1) is 6.92 Å². The van der Waals surface area contributed by atoms with Crippen LogP contribution in [0.1, 0.15) is 25.0 Å². The van der Waals surface area contributed by atoms with E-state index in [0.29, 0.717) is 6.54 Å². The molecule has 4 heteroatoms. The van der Waals surface area contributed by atoms with Crippen molar-refractivity contribution in [3.05, 3.63) is 47.7 Å². The summed E-state index contributed by atoms with van der Waals surface area (Å²) in [5, 5.41) is 10.4. The zero-order chi connectivity index (χ0) is 14.4. The summed E-state index contributed by atoms with van der Waals surface area (Å²) in [6, 6.07) is 8.37. The molecule has 0 aliphatic carbocycles. The van der Waals surface area contributed by atoms with Gasteiger partial charge in [0.25, 0.3) is 0 Å². The molecular weight excluding hydrogens is 248 g/mol. The lowest BCUT2D eigenvalue weighted by molar-refractivity contribution is 1.09. The van der Waals surface area contributed by atoms with Crippen LogP contribution in [0.15, 0.2) is 41.5 Å². The van der Waals surface area contributed by atoms with Crippen molar-refractivity contribution in [3.8, 4) is 11.3 Å². The Balaban J connectivity index is 0.000000704. The number of nitrogens with one attached hydrogen (secondary N) is 2. The Kier molecular flexibility index (Phi) is 4.71. The second kappa shape index (κ2) is 6.70. The van der Waals surface area contributed by atoms with Crippen molar-refractivity contribution < 1.29 is 0 Å². The molecule has 2 heterocycles. The first-order valence-electron chi connectivity index (χ1n) is 6.90. The normalized spacial score (nSPS) is 13.1. The molecule has 3 rings (SSSR count). The molecule has 0 unspecified atom stereocenters. The van der Waals surface area contributed by atoms with Gasteiger partial charge in [0.1, 0.15) is 0 Å². The number of nitrogens with zero attached hydrogens (tertiary/aromatic N) is 2. The molecule has 0 bridgehead atoms. The zero-order valence-electron chi connectivity index (χ0n) is 12.1. The molecule has 0 fully saturated rings. The van der Waals surface area contributed by atoms with Crippen LogP contribution in [0.3, 0.4) is 0 Å². The lowest BCUT2D eigenvalue weighted by Crippen LogP contribution is -2.13. The fraction of sp³-hybridized carbons (Fsp3) is 0.250. The predicted molar refractivity (Wildman–Crippen MR) is 84.6 cm³/mol. The van der Waals surface area contributed by atoms with Crippen molar-refractivity contribution in [2.24, 2.45) is 4.99 Å². The number of aryl methyl sites for hydroxylation is 1. The maximum Gasteiger partial charge on any atom is 0.0871 e. The van der Waals surface area contributed by atoms with Gasteiger partial charge in [-0.3, -0.25) is 10.1 Å². The number of hydrogen-bond acceptors (Lipinski definition) is 3. The van der Waals surface area contributed by atoms with E-state index in [2.05, 4.69) is 57.8 Å². The summed E-state index contributed by atoms with van der Waals surface area (Å²) in [7, 11) is 0. The van der Waals surface area contributed by atoms with E-state index < -0.39 is 0 Å². The summed E-state index contributed by atoms with van der Waals surface area (Å²) >= 11 is 0. The highest BCUT2D eigenvalue weighted by Crippen LogP contribution is 2.26. The average molecular weight is 268 g/mol. The van der Waals surface area contributed by atoms with E-state index in [-0.39, 0.29) is 0 Å². The standard InChI is InChI=1S/C14H14N4.C2H6/c1-10-3-2-4-11(7-10)14-12(8-17-18-14)13-5-6-15-9-16-13;1-2/h2-5,7-9H,6H2,1H3,(H,15,16)(H,17,18);1-2H3. The molecule has 0 saturated carbocycles. The fourth-order valence-corrected chi connectivity index (χ4v) is 2.07. The lowest BCUT2D eigenvalue weighted by Gasteiger charge is -2.11. The number of hydrogen-bond donors (Lipinski definition) is 2. The van der Waals surface area contributed by atoms with Gasteiger partial charge < -0.3 is 5.32 Å². The van der Waals surface area contributed by atoms with Gasteiger partial charge in [-0.2, -0.15) is 5.10 Å². The molecule has 1 aromatic heterocycles. The van der Waals surface area contributed by atoms with Gasteiger partial charge in [0.2, 0.25) is 0 Å². The van der Waals surface area contributed by atoms with E-state index in [1.807, 2.05) is 20.0 Å². The minimum absolute atomic E-state index is 0.709. The molecule has 0 amide bonds. The highest BCUT2D eigenvalue weighted by Gasteiger charge is 2.12. The first kappa shape index (κ1) is 14.1. The molecule has 20 heavy (non-hydrogen) atoms. The molecule has 1 aromatic carbocycles. The Labute approximate surface area is 119 Å². The van der Waals surface area contributed by atoms with E-state index >= 15 is 0 Å². The molecule has 104 valence electrons. The minimum Gasteiger partial charge on any atom is -0.346 e. The van der Waals surface area contributed by atoms with Crippen molar-refractivity contribution in [1.29, 1.82) is 0 Å². The summed E-state index contributed by atoms with van der Waals surface area (Å²) in [4.78, 5) is 4.11. The zero-order valence-corrected chi connectivity index (χ0v) is 12.1. The van der Waals surface area contributed by atoms with Gasteiger partial charge in [-0.05, 0) is 19.1 Å². The molecule has 0 saturated heterocycles. The van der Waals surface area contributed by atoms with Crippen LogP contribution < -0.4 is 5.32 Å². The minimum atomic E-state index is 0.709. The number of rotatable bonds is 2. The average Bonchev–Trinajstić information content (AvgIpc) is 3.00. The van der Waals surface area contributed by atoms with Crippen LogP contribution in [0.2, 0.25) is 0 Å². The molecule has 1 aliphatic heterocycles. The van der Waals surface area contributed by atoms with Crippen molar-refractivity contribution in [1.82, 2.24) is 15.5 Å². The Morgan fingerprint density at radius 1 is 1.20 bits per heavy atom. The van der Waals surface area contributed by atoms with Crippen molar-refractivity contribution >= 4 is 12.0 Å². The Bertz CT molecular complexity index is 623. The molecule has 1 aliphatic rings. The van der Waals surface area contributed by atoms with Gasteiger partial charge in [-0.15, -0.1) is 0 Å².